The first-order valence-corrected chi connectivity index (χ1v) is 9.82. The lowest BCUT2D eigenvalue weighted by Crippen LogP contribution is -2.31. The number of hydrogen-bond donors (Lipinski definition) is 1. The number of rotatable bonds is 4. The van der Waals surface area contributed by atoms with Crippen molar-refractivity contribution >= 4 is 57.4 Å². The summed E-state index contributed by atoms with van der Waals surface area (Å²) in [6, 6.07) is 8.48. The first-order chi connectivity index (χ1) is 14.0. The Morgan fingerprint density at radius 3 is 2.72 bits per heavy atom. The Bertz CT molecular complexity index is 1120. The third-order valence-electron chi connectivity index (χ3n) is 4.82. The van der Waals surface area contributed by atoms with Gasteiger partial charge in [-0.3, -0.25) is 14.7 Å². The maximum absolute atomic E-state index is 12.7. The van der Waals surface area contributed by atoms with E-state index in [9.17, 15) is 9.59 Å². The van der Waals surface area contributed by atoms with E-state index in [0.29, 0.717) is 46.9 Å². The van der Waals surface area contributed by atoms with Crippen LogP contribution < -0.4 is 10.2 Å². The zero-order valence-electron chi connectivity index (χ0n) is 15.5. The third kappa shape index (κ3) is 3.47. The van der Waals surface area contributed by atoms with Gasteiger partial charge in [0.1, 0.15) is 5.15 Å². The second-order valence-corrected chi connectivity index (χ2v) is 7.23. The molecule has 1 N–H and O–H groups in total. The summed E-state index contributed by atoms with van der Waals surface area (Å²) in [5.41, 5.74) is 1.87. The molecule has 1 saturated heterocycles. The molecular formula is C20H17Cl2N5O2. The molecule has 3 aromatic rings. The van der Waals surface area contributed by atoms with E-state index >= 15 is 0 Å². The van der Waals surface area contributed by atoms with Gasteiger partial charge in [-0.05, 0) is 25.1 Å². The van der Waals surface area contributed by atoms with E-state index in [2.05, 4.69) is 15.3 Å². The monoisotopic (exact) mass is 429 g/mol. The van der Waals surface area contributed by atoms with Crippen LogP contribution in [0.2, 0.25) is 10.2 Å². The van der Waals surface area contributed by atoms with Gasteiger partial charge in [-0.15, -0.1) is 0 Å². The number of benzene rings is 1. The molecule has 3 amide bonds. The van der Waals surface area contributed by atoms with E-state index in [1.165, 1.54) is 12.4 Å². The smallest absolute Gasteiger partial charge is 0.323 e. The van der Waals surface area contributed by atoms with E-state index in [-0.39, 0.29) is 16.7 Å². The van der Waals surface area contributed by atoms with Crippen molar-refractivity contribution in [3.05, 3.63) is 58.5 Å². The lowest BCUT2D eigenvalue weighted by molar-refractivity contribution is 0.102. The van der Waals surface area contributed by atoms with E-state index in [4.69, 9.17) is 23.2 Å². The maximum Gasteiger partial charge on any atom is 0.324 e. The molecular weight excluding hydrogens is 413 g/mol. The number of nitrogens with one attached hydrogen (secondary N) is 1. The van der Waals surface area contributed by atoms with Crippen LogP contribution in [-0.2, 0) is 0 Å². The van der Waals surface area contributed by atoms with Crippen LogP contribution in [0.15, 0.2) is 42.7 Å². The molecule has 0 radical (unpaired) electrons. The lowest BCUT2D eigenvalue weighted by atomic mass is 10.1. The van der Waals surface area contributed by atoms with Crippen LogP contribution in [0.25, 0.3) is 10.9 Å². The Morgan fingerprint density at radius 2 is 2.00 bits per heavy atom. The number of nitrogens with zero attached hydrogens (tertiary/aromatic N) is 4. The van der Waals surface area contributed by atoms with Gasteiger partial charge in [0.15, 0.2) is 0 Å². The standard InChI is InChI=1S/C20H17Cl2N5O2/c1-2-26-9-10-27(20(26)29)17-12-5-3-7-15(16(12)24-11-14(17)21)25-19(28)13-6-4-8-23-18(13)22/h3-8,11H,2,9-10H2,1H3,(H,25,28). The molecule has 0 atom stereocenters. The molecule has 0 aliphatic carbocycles. The molecule has 29 heavy (non-hydrogen) atoms. The fourth-order valence-electron chi connectivity index (χ4n) is 3.39. The van der Waals surface area contributed by atoms with Gasteiger partial charge in [0.25, 0.3) is 5.91 Å². The van der Waals surface area contributed by atoms with Gasteiger partial charge in [0.05, 0.1) is 27.5 Å². The minimum absolute atomic E-state index is 0.0986. The highest BCUT2D eigenvalue weighted by atomic mass is 35.5. The number of fused-ring (bicyclic) bond motifs is 1. The molecule has 1 aliphatic rings. The Labute approximate surface area is 177 Å². The molecule has 0 bridgehead atoms. The van der Waals surface area contributed by atoms with Crippen molar-refractivity contribution in [3.8, 4) is 0 Å². The molecule has 0 spiro atoms. The van der Waals surface area contributed by atoms with Crippen molar-refractivity contribution < 1.29 is 9.59 Å². The highest BCUT2D eigenvalue weighted by Crippen LogP contribution is 2.37. The third-order valence-corrected chi connectivity index (χ3v) is 5.40. The number of pyridine rings is 2. The summed E-state index contributed by atoms with van der Waals surface area (Å²) >= 11 is 12.5. The number of aromatic nitrogens is 2. The average Bonchev–Trinajstić information content (AvgIpc) is 3.08. The van der Waals surface area contributed by atoms with Crippen molar-refractivity contribution in [2.75, 3.05) is 29.9 Å². The van der Waals surface area contributed by atoms with E-state index < -0.39 is 5.91 Å². The number of likely N-dealkylation sites (N-methyl/N-ethyl adjacent to an activating group) is 1. The summed E-state index contributed by atoms with van der Waals surface area (Å²) in [4.78, 5) is 37.1. The minimum Gasteiger partial charge on any atom is -0.323 e. The Kier molecular flexibility index (Phi) is 5.25. The van der Waals surface area contributed by atoms with Gasteiger partial charge in [-0.2, -0.15) is 0 Å². The fourth-order valence-corrected chi connectivity index (χ4v) is 3.85. The topological polar surface area (TPSA) is 78.4 Å². The number of hydrogen-bond acceptors (Lipinski definition) is 4. The van der Waals surface area contributed by atoms with Crippen LogP contribution in [0.4, 0.5) is 16.2 Å². The van der Waals surface area contributed by atoms with Gasteiger partial charge in [0, 0.05) is 37.4 Å². The van der Waals surface area contributed by atoms with Gasteiger partial charge in [-0.1, -0.05) is 35.3 Å². The van der Waals surface area contributed by atoms with Gasteiger partial charge < -0.3 is 10.2 Å². The van der Waals surface area contributed by atoms with Crippen LogP contribution in [0.5, 0.6) is 0 Å². The van der Waals surface area contributed by atoms with Crippen molar-refractivity contribution in [3.63, 3.8) is 0 Å². The van der Waals surface area contributed by atoms with Crippen molar-refractivity contribution in [1.29, 1.82) is 0 Å². The van der Waals surface area contributed by atoms with Gasteiger partial charge >= 0.3 is 6.03 Å². The predicted molar refractivity (Wildman–Crippen MR) is 114 cm³/mol. The van der Waals surface area contributed by atoms with Crippen molar-refractivity contribution in [2.45, 2.75) is 6.92 Å². The molecule has 9 heteroatoms. The molecule has 1 fully saturated rings. The molecule has 3 heterocycles. The number of halogens is 2. The van der Waals surface area contributed by atoms with E-state index in [1.807, 2.05) is 13.0 Å². The maximum atomic E-state index is 12.7. The minimum atomic E-state index is -0.400. The summed E-state index contributed by atoms with van der Waals surface area (Å²) in [6.45, 7) is 3.73. The van der Waals surface area contributed by atoms with Crippen LogP contribution in [0.3, 0.4) is 0 Å². The van der Waals surface area contributed by atoms with Crippen molar-refractivity contribution in [1.82, 2.24) is 14.9 Å². The summed E-state index contributed by atoms with van der Waals surface area (Å²) in [5.74, 6) is -0.400. The molecule has 2 aromatic heterocycles. The Balaban J connectivity index is 1.76. The SMILES string of the molecule is CCN1CCN(c2c(Cl)cnc3c(NC(=O)c4cccnc4Cl)cccc23)C1=O. The number of para-hydroxylation sites is 1. The van der Waals surface area contributed by atoms with Crippen molar-refractivity contribution in [2.24, 2.45) is 0 Å². The zero-order valence-corrected chi connectivity index (χ0v) is 17.0. The molecule has 148 valence electrons. The number of urea groups is 1. The number of carbonyl (C=O) groups is 2. The molecule has 0 unspecified atom stereocenters. The lowest BCUT2D eigenvalue weighted by Gasteiger charge is -2.21. The highest BCUT2D eigenvalue weighted by Gasteiger charge is 2.31. The van der Waals surface area contributed by atoms with Gasteiger partial charge in [-0.25, -0.2) is 9.78 Å². The summed E-state index contributed by atoms with van der Waals surface area (Å²) in [6.07, 6.45) is 3.01. The van der Waals surface area contributed by atoms with Crippen LogP contribution in [-0.4, -0.2) is 46.4 Å². The molecule has 1 aliphatic heterocycles. The normalized spacial score (nSPS) is 14.0. The van der Waals surface area contributed by atoms with E-state index in [1.54, 1.807) is 34.1 Å². The predicted octanol–water partition coefficient (Wildman–Crippen LogP) is 4.45. The number of carbonyl (C=O) groups excluding carboxylic acids is 2. The number of anilines is 2. The fraction of sp³-hybridized carbons (Fsp3) is 0.200. The zero-order chi connectivity index (χ0) is 20.5. The summed E-state index contributed by atoms with van der Waals surface area (Å²) in [7, 11) is 0. The van der Waals surface area contributed by atoms with Crippen LogP contribution in [0, 0.1) is 0 Å². The molecule has 7 nitrogen and oxygen atoms in total. The average molecular weight is 430 g/mol. The largest absolute Gasteiger partial charge is 0.324 e. The first-order valence-electron chi connectivity index (χ1n) is 9.06. The van der Waals surface area contributed by atoms with Crippen LogP contribution >= 0.6 is 23.2 Å². The summed E-state index contributed by atoms with van der Waals surface area (Å²) in [5, 5.41) is 4.00. The highest BCUT2D eigenvalue weighted by molar-refractivity contribution is 6.36. The quantitative estimate of drug-likeness (QED) is 0.621. The second kappa shape index (κ2) is 7.85. The second-order valence-electron chi connectivity index (χ2n) is 6.47. The Hall–Kier alpha value is -2.90. The first kappa shape index (κ1) is 19.4. The Morgan fingerprint density at radius 1 is 1.17 bits per heavy atom. The molecule has 1 aromatic carbocycles. The van der Waals surface area contributed by atoms with Crippen LogP contribution in [0.1, 0.15) is 17.3 Å². The van der Waals surface area contributed by atoms with E-state index in [0.717, 1.165) is 0 Å². The number of amides is 3. The summed E-state index contributed by atoms with van der Waals surface area (Å²) < 4.78 is 0. The molecule has 4 rings (SSSR count). The van der Waals surface area contributed by atoms with Gasteiger partial charge in [0.2, 0.25) is 0 Å². The molecule has 0 saturated carbocycles.